The van der Waals surface area contributed by atoms with Gasteiger partial charge in [0.05, 0.1) is 36.8 Å². The van der Waals surface area contributed by atoms with Crippen LogP contribution in [-0.2, 0) is 32.2 Å². The van der Waals surface area contributed by atoms with Gasteiger partial charge >= 0.3 is 5.92 Å². The Labute approximate surface area is 222 Å². The minimum atomic E-state index is -4.00. The molecule has 0 saturated carbocycles. The number of nitrogens with zero attached hydrogens (tertiary/aromatic N) is 1. The Balaban J connectivity index is 1.59. The van der Waals surface area contributed by atoms with Crippen molar-refractivity contribution in [3.8, 4) is 0 Å². The fraction of sp³-hybridized carbons (Fsp3) is 0.273. The van der Waals surface area contributed by atoms with Crippen LogP contribution in [0.1, 0.15) is 27.0 Å². The van der Waals surface area contributed by atoms with Gasteiger partial charge in [0.1, 0.15) is 7.85 Å². The summed E-state index contributed by atoms with van der Waals surface area (Å²) in [5, 5.41) is 1.82. The van der Waals surface area contributed by atoms with Crippen molar-refractivity contribution >= 4 is 74.5 Å². The molecule has 2 heterocycles. The van der Waals surface area contributed by atoms with Gasteiger partial charge in [-0.15, -0.1) is 0 Å². The molecule has 1 saturated heterocycles. The zero-order valence-electron chi connectivity index (χ0n) is 19.0. The van der Waals surface area contributed by atoms with Crippen molar-refractivity contribution in [3.05, 3.63) is 69.7 Å². The van der Waals surface area contributed by atoms with Gasteiger partial charge in [-0.25, -0.2) is 0 Å². The van der Waals surface area contributed by atoms with Crippen LogP contribution in [0.25, 0.3) is 0 Å². The first-order valence-corrected chi connectivity index (χ1v) is 11.1. The molecule has 2 unspecified atom stereocenters. The highest BCUT2D eigenvalue weighted by Gasteiger charge is 2.53. The summed E-state index contributed by atoms with van der Waals surface area (Å²) in [5.74, 6) is -11.1. The van der Waals surface area contributed by atoms with E-state index in [1.807, 2.05) is 10.6 Å². The second kappa shape index (κ2) is 9.08. The monoisotopic (exact) mass is 511 g/mol. The number of fused-ring (bicyclic) bond motifs is 1. The fourth-order valence-electron chi connectivity index (χ4n) is 4.19. The fourth-order valence-corrected chi connectivity index (χ4v) is 4.32. The van der Waals surface area contributed by atoms with Gasteiger partial charge in [-0.2, -0.15) is 8.78 Å². The third-order valence-corrected chi connectivity index (χ3v) is 6.70. The maximum atomic E-state index is 14.7. The smallest absolute Gasteiger partial charge is 0.349 e. The molecule has 176 valence electrons. The van der Waals surface area contributed by atoms with Crippen LogP contribution in [-0.4, -0.2) is 73.2 Å². The van der Waals surface area contributed by atoms with Crippen LogP contribution in [0.2, 0.25) is 16.7 Å². The predicted octanol–water partition coefficient (Wildman–Crippen LogP) is 0.0865. The molecule has 10 radical (unpaired) electrons. The molecule has 0 spiro atoms. The van der Waals surface area contributed by atoms with Crippen molar-refractivity contribution in [1.29, 1.82) is 0 Å². The first-order valence-electron chi connectivity index (χ1n) is 10.8. The van der Waals surface area contributed by atoms with Crippen LogP contribution in [0.15, 0.2) is 42.5 Å². The van der Waals surface area contributed by atoms with Gasteiger partial charge in [-0.05, 0) is 40.5 Å². The Bertz CT molecular complexity index is 1330. The molecule has 0 aliphatic carbocycles. The van der Waals surface area contributed by atoms with Crippen molar-refractivity contribution in [3.63, 3.8) is 0 Å². The molecule has 37 heavy (non-hydrogen) atoms. The number of halogens is 3. The highest BCUT2D eigenvalue weighted by atomic mass is 35.5. The van der Waals surface area contributed by atoms with E-state index in [1.165, 1.54) is 30.3 Å². The molecule has 4 amide bonds. The van der Waals surface area contributed by atoms with E-state index in [0.717, 1.165) is 17.0 Å². The Kier molecular flexibility index (Phi) is 6.63. The van der Waals surface area contributed by atoms with E-state index in [9.17, 15) is 28.0 Å². The Morgan fingerprint density at radius 1 is 1.08 bits per heavy atom. The van der Waals surface area contributed by atoms with Gasteiger partial charge in [-0.1, -0.05) is 41.7 Å². The normalized spacial score (nSPS) is 24.0. The lowest BCUT2D eigenvalue weighted by atomic mass is 9.48. The number of rotatable bonds is 5. The predicted molar refractivity (Wildman–Crippen MR) is 134 cm³/mol. The molecule has 15 heteroatoms. The lowest BCUT2D eigenvalue weighted by Crippen LogP contribution is -2.67. The summed E-state index contributed by atoms with van der Waals surface area (Å²) in [7, 11) is 29.9. The van der Waals surface area contributed by atoms with Crippen LogP contribution in [0.5, 0.6) is 0 Å². The quantitative estimate of drug-likeness (QED) is 0.440. The van der Waals surface area contributed by atoms with Crippen molar-refractivity contribution in [2.24, 2.45) is 0 Å². The second-order valence-corrected chi connectivity index (χ2v) is 9.30. The topological polar surface area (TPSA) is 95.6 Å². The standard InChI is InChI=1S/C22H13B5ClF2N3O4/c23-14-15(24)20(25,18(36)31-16(14)34)33-8-9-7-11(3-6-13(9)17(33)35)22(26,27)32-19(37)21(29,30)10-1-4-12(28)5-2-10/h1-7,14-15H,8H2,(H,32,37)(H,31,34,36)/t14?,15?,20-/m1/s1. The average molecular weight is 511 g/mol. The summed E-state index contributed by atoms with van der Waals surface area (Å²) >= 11 is 5.71. The number of amides is 4. The van der Waals surface area contributed by atoms with E-state index in [-0.39, 0.29) is 28.3 Å². The van der Waals surface area contributed by atoms with E-state index in [4.69, 9.17) is 50.8 Å². The summed E-state index contributed by atoms with van der Waals surface area (Å²) in [5.41, 5.74) is -2.48. The van der Waals surface area contributed by atoms with Crippen LogP contribution < -0.4 is 10.6 Å². The molecular formula is C22H13B5ClF2N3O4. The Morgan fingerprint density at radius 3 is 2.30 bits per heavy atom. The molecule has 2 aliphatic rings. The average Bonchev–Trinajstić information content (AvgIpc) is 3.17. The Morgan fingerprint density at radius 2 is 1.68 bits per heavy atom. The highest BCUT2D eigenvalue weighted by molar-refractivity contribution is 6.44. The summed E-state index contributed by atoms with van der Waals surface area (Å²) < 4.78 is 29.4. The number of nitrogens with one attached hydrogen (secondary N) is 2. The van der Waals surface area contributed by atoms with E-state index < -0.39 is 57.5 Å². The number of imide groups is 1. The lowest BCUT2D eigenvalue weighted by Gasteiger charge is -2.48. The van der Waals surface area contributed by atoms with Gasteiger partial charge in [0.25, 0.3) is 11.8 Å². The van der Waals surface area contributed by atoms with E-state index in [2.05, 4.69) is 0 Å². The number of carbonyl (C=O) groups excluding carboxylic acids is 4. The zero-order valence-corrected chi connectivity index (χ0v) is 19.8. The van der Waals surface area contributed by atoms with Crippen LogP contribution >= 0.6 is 11.6 Å². The Hall–Kier alpha value is -3.01. The molecule has 2 aromatic carbocycles. The van der Waals surface area contributed by atoms with Gasteiger partial charge in [0.15, 0.2) is 0 Å². The third-order valence-electron chi connectivity index (χ3n) is 6.44. The number of hydrogen-bond donors (Lipinski definition) is 2. The largest absolute Gasteiger partial charge is 0.358 e. The molecule has 2 N–H and O–H groups in total. The third kappa shape index (κ3) is 4.39. The van der Waals surface area contributed by atoms with Gasteiger partial charge in [-0.3, -0.25) is 24.5 Å². The molecule has 7 nitrogen and oxygen atoms in total. The van der Waals surface area contributed by atoms with Gasteiger partial charge < -0.3 is 10.2 Å². The zero-order chi connectivity index (χ0) is 27.5. The number of piperidine rings is 1. The highest BCUT2D eigenvalue weighted by Crippen LogP contribution is 2.41. The lowest BCUT2D eigenvalue weighted by molar-refractivity contribution is -0.147. The molecule has 0 bridgehead atoms. The minimum absolute atomic E-state index is 0.0310. The van der Waals surface area contributed by atoms with E-state index in [0.29, 0.717) is 0 Å². The van der Waals surface area contributed by atoms with Crippen molar-refractivity contribution in [1.82, 2.24) is 15.5 Å². The van der Waals surface area contributed by atoms with Crippen LogP contribution in [0, 0.1) is 0 Å². The summed E-state index contributed by atoms with van der Waals surface area (Å²) in [6.45, 7) is -0.272. The molecule has 4 rings (SSSR count). The second-order valence-electron chi connectivity index (χ2n) is 8.86. The SMILES string of the molecule is [B]C1C(=O)NC(=O)[C@]([B])(N2Cc3cc(C([B])([B])NC(=O)C(F)(F)c4ccc(Cl)cc4)ccc3C2=O)C1[B]. The maximum Gasteiger partial charge on any atom is 0.349 e. The van der Waals surface area contributed by atoms with E-state index in [1.54, 1.807) is 0 Å². The molecule has 2 aromatic rings. The number of carbonyl (C=O) groups is 4. The van der Waals surface area contributed by atoms with Crippen LogP contribution in [0.4, 0.5) is 8.78 Å². The van der Waals surface area contributed by atoms with Crippen molar-refractivity contribution in [2.75, 3.05) is 0 Å². The van der Waals surface area contributed by atoms with Gasteiger partial charge in [0.2, 0.25) is 11.8 Å². The maximum absolute atomic E-state index is 14.7. The molecule has 3 atom stereocenters. The molecular weight excluding hydrogens is 498 g/mol. The first-order chi connectivity index (χ1) is 17.1. The molecule has 2 aliphatic heterocycles. The van der Waals surface area contributed by atoms with Crippen molar-refractivity contribution in [2.45, 2.75) is 34.9 Å². The summed E-state index contributed by atoms with van der Waals surface area (Å²) in [6.07, 6.45) is 0. The van der Waals surface area contributed by atoms with Crippen molar-refractivity contribution < 1.29 is 28.0 Å². The summed E-state index contributed by atoms with van der Waals surface area (Å²) in [6, 6.07) is 8.21. The van der Waals surface area contributed by atoms with Crippen LogP contribution in [0.3, 0.4) is 0 Å². The molecule has 1 fully saturated rings. The first kappa shape index (κ1) is 27.0. The number of alkyl halides is 2. The molecule has 0 aromatic heterocycles. The van der Waals surface area contributed by atoms with Gasteiger partial charge in [0, 0.05) is 22.7 Å². The summed E-state index contributed by atoms with van der Waals surface area (Å²) in [4.78, 5) is 50.8. The number of hydrogen-bond acceptors (Lipinski definition) is 4. The number of benzene rings is 2. The minimum Gasteiger partial charge on any atom is -0.358 e. The van der Waals surface area contributed by atoms with E-state index >= 15 is 0 Å².